The molecule has 0 fully saturated rings. The van der Waals surface area contributed by atoms with Gasteiger partial charge in [-0.2, -0.15) is 0 Å². The molecule has 0 aliphatic heterocycles. The van der Waals surface area contributed by atoms with Gasteiger partial charge in [0.1, 0.15) is 0 Å². The summed E-state index contributed by atoms with van der Waals surface area (Å²) < 4.78 is 0. The van der Waals surface area contributed by atoms with Crippen molar-refractivity contribution in [3.8, 4) is 0 Å². The summed E-state index contributed by atoms with van der Waals surface area (Å²) in [6, 6.07) is 9.20. The van der Waals surface area contributed by atoms with Crippen LogP contribution in [0.5, 0.6) is 0 Å². The van der Waals surface area contributed by atoms with Gasteiger partial charge in [-0.1, -0.05) is 30.0 Å². The third-order valence-electron chi connectivity index (χ3n) is 2.00. The Kier molecular flexibility index (Phi) is 5.27. The maximum absolute atomic E-state index is 8.97. The second-order valence-corrected chi connectivity index (χ2v) is 4.46. The molecule has 0 radical (unpaired) electrons. The summed E-state index contributed by atoms with van der Waals surface area (Å²) in [5, 5.41) is 18.0. The molecule has 16 heavy (non-hydrogen) atoms. The number of aliphatic hydroxyl groups is 1. The molecule has 5 nitrogen and oxygen atoms in total. The predicted molar refractivity (Wildman–Crippen MR) is 68.4 cm³/mol. The summed E-state index contributed by atoms with van der Waals surface area (Å²) in [5.74, 6) is 5.76. The van der Waals surface area contributed by atoms with Crippen LogP contribution in [0.25, 0.3) is 0 Å². The van der Waals surface area contributed by atoms with Crippen LogP contribution in [0, 0.1) is 5.41 Å². The maximum Gasteiger partial charge on any atom is 0.175 e. The second-order valence-electron chi connectivity index (χ2n) is 3.17. The van der Waals surface area contributed by atoms with Crippen molar-refractivity contribution in [2.45, 2.75) is 5.25 Å². The summed E-state index contributed by atoms with van der Waals surface area (Å²) in [6.07, 6.45) is 0. The zero-order valence-electron chi connectivity index (χ0n) is 8.84. The monoisotopic (exact) mass is 240 g/mol. The average Bonchev–Trinajstić information content (AvgIpc) is 2.35. The molecular formula is C10H16N4OS. The first kappa shape index (κ1) is 13.0. The van der Waals surface area contributed by atoms with E-state index in [2.05, 4.69) is 0 Å². The number of thioether (sulfide) groups is 1. The lowest BCUT2D eigenvalue weighted by atomic mass is 10.3. The smallest absolute Gasteiger partial charge is 0.175 e. The highest BCUT2D eigenvalue weighted by molar-refractivity contribution is 8.14. The van der Waals surface area contributed by atoms with Gasteiger partial charge in [0.05, 0.1) is 12.3 Å². The fraction of sp³-hybridized carbons (Fsp3) is 0.300. The first-order chi connectivity index (χ1) is 7.69. The fourth-order valence-corrected chi connectivity index (χ4v) is 1.79. The molecule has 1 aromatic carbocycles. The fourth-order valence-electron chi connectivity index (χ4n) is 1.08. The Morgan fingerprint density at radius 3 is 2.56 bits per heavy atom. The lowest BCUT2D eigenvalue weighted by Gasteiger charge is -2.21. The molecule has 1 rings (SSSR count). The Labute approximate surface area is 98.9 Å². The standard InChI is InChI=1S/C10H16N4OS/c11-6-9(7-15)16-10(12)14(13)8-4-2-1-3-5-8/h1-5,9,12,15H,6-7,11,13H2. The van der Waals surface area contributed by atoms with Crippen molar-refractivity contribution in [3.63, 3.8) is 0 Å². The number of amidine groups is 1. The minimum absolute atomic E-state index is 0.0633. The number of benzene rings is 1. The SMILES string of the molecule is N=C(SC(CN)CO)N(N)c1ccccc1. The van der Waals surface area contributed by atoms with Gasteiger partial charge in [0, 0.05) is 11.8 Å². The molecule has 0 amide bonds. The Hall–Kier alpha value is -1.08. The summed E-state index contributed by atoms with van der Waals surface area (Å²) in [5.41, 5.74) is 6.16. The predicted octanol–water partition coefficient (Wildman–Crippen LogP) is 0.354. The van der Waals surface area contributed by atoms with Crippen molar-refractivity contribution in [3.05, 3.63) is 30.3 Å². The van der Waals surface area contributed by atoms with E-state index in [-0.39, 0.29) is 17.0 Å². The number of aliphatic hydroxyl groups excluding tert-OH is 1. The van der Waals surface area contributed by atoms with Crippen LogP contribution in [0.2, 0.25) is 0 Å². The second kappa shape index (κ2) is 6.49. The largest absolute Gasteiger partial charge is 0.395 e. The highest BCUT2D eigenvalue weighted by Crippen LogP contribution is 2.17. The molecular weight excluding hydrogens is 224 g/mol. The van der Waals surface area contributed by atoms with Gasteiger partial charge >= 0.3 is 0 Å². The van der Waals surface area contributed by atoms with Crippen LogP contribution in [0.4, 0.5) is 5.69 Å². The van der Waals surface area contributed by atoms with Crippen molar-refractivity contribution >= 4 is 22.6 Å². The van der Waals surface area contributed by atoms with E-state index in [1.807, 2.05) is 30.3 Å². The van der Waals surface area contributed by atoms with E-state index in [1.165, 1.54) is 5.01 Å². The van der Waals surface area contributed by atoms with E-state index in [0.29, 0.717) is 6.54 Å². The molecule has 0 aliphatic rings. The molecule has 0 aromatic heterocycles. The molecule has 0 bridgehead atoms. The first-order valence-electron chi connectivity index (χ1n) is 4.85. The van der Waals surface area contributed by atoms with Gasteiger partial charge < -0.3 is 10.8 Å². The highest BCUT2D eigenvalue weighted by Gasteiger charge is 2.14. The Morgan fingerprint density at radius 2 is 2.06 bits per heavy atom. The van der Waals surface area contributed by atoms with Crippen molar-refractivity contribution in [1.29, 1.82) is 5.41 Å². The Balaban J connectivity index is 2.61. The number of nitrogens with one attached hydrogen (secondary N) is 1. The van der Waals surface area contributed by atoms with Gasteiger partial charge in [0.25, 0.3) is 0 Å². The van der Waals surface area contributed by atoms with Gasteiger partial charge in [-0.25, -0.2) is 5.84 Å². The van der Waals surface area contributed by atoms with Crippen molar-refractivity contribution in [1.82, 2.24) is 0 Å². The molecule has 0 spiro atoms. The van der Waals surface area contributed by atoms with E-state index in [0.717, 1.165) is 17.4 Å². The zero-order chi connectivity index (χ0) is 12.0. The van der Waals surface area contributed by atoms with Gasteiger partial charge in [0.15, 0.2) is 5.17 Å². The molecule has 88 valence electrons. The Morgan fingerprint density at radius 1 is 1.44 bits per heavy atom. The van der Waals surface area contributed by atoms with Gasteiger partial charge in [-0.05, 0) is 12.1 Å². The lowest BCUT2D eigenvalue weighted by Crippen LogP contribution is -2.37. The minimum Gasteiger partial charge on any atom is -0.395 e. The molecule has 0 heterocycles. The van der Waals surface area contributed by atoms with Crippen LogP contribution in [-0.2, 0) is 0 Å². The first-order valence-corrected chi connectivity index (χ1v) is 5.73. The van der Waals surface area contributed by atoms with E-state index >= 15 is 0 Å². The van der Waals surface area contributed by atoms with Crippen LogP contribution < -0.4 is 16.6 Å². The quantitative estimate of drug-likeness (QED) is 0.263. The average molecular weight is 240 g/mol. The normalized spacial score (nSPS) is 12.2. The third kappa shape index (κ3) is 3.49. The highest BCUT2D eigenvalue weighted by atomic mass is 32.2. The number of hydrogen-bond acceptors (Lipinski definition) is 5. The number of hydrazine groups is 1. The number of nitrogens with zero attached hydrogens (tertiary/aromatic N) is 1. The van der Waals surface area contributed by atoms with Crippen LogP contribution in [0.3, 0.4) is 0 Å². The molecule has 0 aliphatic carbocycles. The molecule has 0 saturated heterocycles. The molecule has 6 N–H and O–H groups in total. The molecule has 1 unspecified atom stereocenters. The lowest BCUT2D eigenvalue weighted by molar-refractivity contribution is 0.296. The topological polar surface area (TPSA) is 99.4 Å². The van der Waals surface area contributed by atoms with Crippen molar-refractivity contribution < 1.29 is 5.11 Å². The van der Waals surface area contributed by atoms with Crippen LogP contribution in [0.1, 0.15) is 0 Å². The van der Waals surface area contributed by atoms with Gasteiger partial charge in [0.2, 0.25) is 0 Å². The number of para-hydroxylation sites is 1. The summed E-state index contributed by atoms with van der Waals surface area (Å²) in [4.78, 5) is 0. The zero-order valence-corrected chi connectivity index (χ0v) is 9.65. The molecule has 0 saturated carbocycles. The van der Waals surface area contributed by atoms with E-state index < -0.39 is 0 Å². The number of nitrogens with two attached hydrogens (primary N) is 2. The molecule has 1 atom stereocenters. The third-order valence-corrected chi connectivity index (χ3v) is 3.09. The summed E-state index contributed by atoms with van der Waals surface area (Å²) >= 11 is 1.16. The summed E-state index contributed by atoms with van der Waals surface area (Å²) in [6.45, 7) is 0.248. The van der Waals surface area contributed by atoms with E-state index in [1.54, 1.807) is 0 Å². The minimum atomic E-state index is -0.192. The van der Waals surface area contributed by atoms with Crippen molar-refractivity contribution in [2.24, 2.45) is 11.6 Å². The van der Waals surface area contributed by atoms with Crippen LogP contribution in [-0.4, -0.2) is 28.7 Å². The van der Waals surface area contributed by atoms with Gasteiger partial charge in [-0.3, -0.25) is 10.4 Å². The number of rotatable bonds is 4. The number of anilines is 1. The number of hydrogen-bond donors (Lipinski definition) is 4. The van der Waals surface area contributed by atoms with Crippen LogP contribution >= 0.6 is 11.8 Å². The van der Waals surface area contributed by atoms with Gasteiger partial charge in [-0.15, -0.1) is 0 Å². The van der Waals surface area contributed by atoms with Crippen molar-refractivity contribution in [2.75, 3.05) is 18.2 Å². The molecule has 6 heteroatoms. The van der Waals surface area contributed by atoms with E-state index in [4.69, 9.17) is 22.1 Å². The maximum atomic E-state index is 8.97. The summed E-state index contributed by atoms with van der Waals surface area (Å²) in [7, 11) is 0. The van der Waals surface area contributed by atoms with E-state index in [9.17, 15) is 0 Å². The van der Waals surface area contributed by atoms with Crippen LogP contribution in [0.15, 0.2) is 30.3 Å². The Bertz CT molecular complexity index is 329. The molecule has 1 aromatic rings.